The van der Waals surface area contributed by atoms with Crippen LogP contribution < -0.4 is 10.1 Å². The minimum Gasteiger partial charge on any atom is -0.491 e. The molecule has 0 amide bonds. The molecule has 0 saturated heterocycles. The first-order valence-corrected chi connectivity index (χ1v) is 7.37. The Labute approximate surface area is 127 Å². The van der Waals surface area contributed by atoms with Gasteiger partial charge in [-0.3, -0.25) is 0 Å². The molecule has 0 unspecified atom stereocenters. The molecule has 6 nitrogen and oxygen atoms in total. The summed E-state index contributed by atoms with van der Waals surface area (Å²) in [5, 5.41) is 17.4. The standard InChI is InChI=1S/C15H19FN4O2/c16-11-1-4-14(5-2-11)22-9-13(21)7-17-12-3-6-15-18-10-19-20(15)8-12/h1-2,4-5,10,12-13,17,21H,3,6-9H2/t12-,13-/m0/s1. The lowest BCUT2D eigenvalue weighted by molar-refractivity contribution is 0.101. The lowest BCUT2D eigenvalue weighted by Gasteiger charge is -2.24. The minimum atomic E-state index is -0.623. The first-order valence-electron chi connectivity index (χ1n) is 7.37. The Balaban J connectivity index is 1.39. The van der Waals surface area contributed by atoms with E-state index in [2.05, 4.69) is 15.4 Å². The van der Waals surface area contributed by atoms with Gasteiger partial charge in [0.2, 0.25) is 0 Å². The number of rotatable bonds is 6. The summed E-state index contributed by atoms with van der Waals surface area (Å²) in [5.74, 6) is 1.25. The van der Waals surface area contributed by atoms with Crippen molar-refractivity contribution in [2.75, 3.05) is 13.2 Å². The van der Waals surface area contributed by atoms with Gasteiger partial charge in [0.05, 0.1) is 6.54 Å². The average Bonchev–Trinajstić information content (AvgIpc) is 3.00. The molecule has 0 aliphatic carbocycles. The quantitative estimate of drug-likeness (QED) is 0.824. The molecule has 3 rings (SSSR count). The summed E-state index contributed by atoms with van der Waals surface area (Å²) >= 11 is 0. The molecule has 0 bridgehead atoms. The highest BCUT2D eigenvalue weighted by Gasteiger charge is 2.20. The number of halogens is 1. The molecule has 22 heavy (non-hydrogen) atoms. The number of ether oxygens (including phenoxy) is 1. The monoisotopic (exact) mass is 306 g/mol. The van der Waals surface area contributed by atoms with Crippen molar-refractivity contribution < 1.29 is 14.2 Å². The number of aliphatic hydroxyl groups excluding tert-OH is 1. The zero-order valence-electron chi connectivity index (χ0n) is 12.2. The van der Waals surface area contributed by atoms with Crippen LogP contribution in [0.2, 0.25) is 0 Å². The van der Waals surface area contributed by atoms with Crippen molar-refractivity contribution in [3.05, 3.63) is 42.2 Å². The van der Waals surface area contributed by atoms with Gasteiger partial charge >= 0.3 is 0 Å². The maximum atomic E-state index is 12.8. The van der Waals surface area contributed by atoms with Gasteiger partial charge in [0.1, 0.15) is 36.4 Å². The molecule has 7 heteroatoms. The second-order valence-electron chi connectivity index (χ2n) is 5.42. The second kappa shape index (κ2) is 6.85. The van der Waals surface area contributed by atoms with Gasteiger partial charge < -0.3 is 15.2 Å². The number of fused-ring (bicyclic) bond motifs is 1. The van der Waals surface area contributed by atoms with Gasteiger partial charge in [-0.15, -0.1) is 0 Å². The molecule has 2 atom stereocenters. The number of benzene rings is 1. The minimum absolute atomic E-state index is 0.167. The van der Waals surface area contributed by atoms with E-state index in [0.29, 0.717) is 12.3 Å². The number of aryl methyl sites for hydroxylation is 1. The summed E-state index contributed by atoms with van der Waals surface area (Å²) in [4.78, 5) is 4.18. The molecule has 118 valence electrons. The lowest BCUT2D eigenvalue weighted by Crippen LogP contribution is -2.42. The van der Waals surface area contributed by atoms with Crippen molar-refractivity contribution in [3.63, 3.8) is 0 Å². The molecule has 0 fully saturated rings. The molecule has 2 heterocycles. The first-order chi connectivity index (χ1) is 10.7. The Bertz CT molecular complexity index is 602. The highest BCUT2D eigenvalue weighted by molar-refractivity contribution is 5.22. The predicted molar refractivity (Wildman–Crippen MR) is 78.0 cm³/mol. The van der Waals surface area contributed by atoms with E-state index in [0.717, 1.165) is 25.2 Å². The molecule has 1 aliphatic heterocycles. The van der Waals surface area contributed by atoms with Crippen LogP contribution in [0.15, 0.2) is 30.6 Å². The van der Waals surface area contributed by atoms with Crippen molar-refractivity contribution in [3.8, 4) is 5.75 Å². The molecule has 0 radical (unpaired) electrons. The van der Waals surface area contributed by atoms with Gasteiger partial charge in [0.15, 0.2) is 0 Å². The van der Waals surface area contributed by atoms with Gasteiger partial charge in [0.25, 0.3) is 0 Å². The van der Waals surface area contributed by atoms with Gasteiger partial charge in [0, 0.05) is 19.0 Å². The van der Waals surface area contributed by atoms with Crippen molar-refractivity contribution in [2.45, 2.75) is 31.5 Å². The van der Waals surface area contributed by atoms with Crippen LogP contribution >= 0.6 is 0 Å². The zero-order valence-corrected chi connectivity index (χ0v) is 12.2. The first kappa shape index (κ1) is 14.9. The zero-order chi connectivity index (χ0) is 15.4. The topological polar surface area (TPSA) is 72.2 Å². The van der Waals surface area contributed by atoms with Crippen LogP contribution in [0.25, 0.3) is 0 Å². The fourth-order valence-corrected chi connectivity index (χ4v) is 2.49. The molecule has 1 aromatic heterocycles. The third-order valence-corrected chi connectivity index (χ3v) is 3.70. The molecule has 0 saturated carbocycles. The van der Waals surface area contributed by atoms with Gasteiger partial charge in [-0.25, -0.2) is 14.1 Å². The van der Waals surface area contributed by atoms with Gasteiger partial charge in [-0.2, -0.15) is 5.10 Å². The number of hydrogen-bond donors (Lipinski definition) is 2. The Morgan fingerprint density at radius 1 is 1.41 bits per heavy atom. The van der Waals surface area contributed by atoms with Crippen LogP contribution in [0.5, 0.6) is 5.75 Å². The highest BCUT2D eigenvalue weighted by Crippen LogP contribution is 2.12. The van der Waals surface area contributed by atoms with E-state index in [1.165, 1.54) is 12.1 Å². The fourth-order valence-electron chi connectivity index (χ4n) is 2.49. The van der Waals surface area contributed by atoms with Crippen molar-refractivity contribution in [2.24, 2.45) is 0 Å². The van der Waals surface area contributed by atoms with Crippen LogP contribution in [-0.4, -0.2) is 45.2 Å². The second-order valence-corrected chi connectivity index (χ2v) is 5.42. The molecular weight excluding hydrogens is 287 g/mol. The van der Waals surface area contributed by atoms with E-state index in [-0.39, 0.29) is 18.5 Å². The molecular formula is C15H19FN4O2. The summed E-state index contributed by atoms with van der Waals surface area (Å²) in [6.07, 6.45) is 2.81. The third kappa shape index (κ3) is 3.80. The normalized spacial score (nSPS) is 18.7. The largest absolute Gasteiger partial charge is 0.491 e. The predicted octanol–water partition coefficient (Wildman–Crippen LogP) is 0.761. The number of aliphatic hydroxyl groups is 1. The maximum absolute atomic E-state index is 12.8. The van der Waals surface area contributed by atoms with E-state index in [9.17, 15) is 9.50 Å². The fraction of sp³-hybridized carbons (Fsp3) is 0.467. The number of nitrogens with zero attached hydrogens (tertiary/aromatic N) is 3. The van der Waals surface area contributed by atoms with E-state index in [1.54, 1.807) is 18.5 Å². The van der Waals surface area contributed by atoms with E-state index in [1.807, 2.05) is 4.68 Å². The number of hydrogen-bond acceptors (Lipinski definition) is 5. The summed E-state index contributed by atoms with van der Waals surface area (Å²) in [6.45, 7) is 1.37. The van der Waals surface area contributed by atoms with E-state index in [4.69, 9.17) is 4.74 Å². The summed E-state index contributed by atoms with van der Waals surface area (Å²) < 4.78 is 20.1. The molecule has 1 aromatic carbocycles. The SMILES string of the molecule is O[C@@H](CN[C@H]1CCc2ncnn2C1)COc1ccc(F)cc1. The molecule has 0 spiro atoms. The Hall–Kier alpha value is -1.99. The highest BCUT2D eigenvalue weighted by atomic mass is 19.1. The average molecular weight is 306 g/mol. The van der Waals surface area contributed by atoms with Crippen LogP contribution in [0, 0.1) is 5.82 Å². The van der Waals surface area contributed by atoms with E-state index >= 15 is 0 Å². The van der Waals surface area contributed by atoms with Crippen molar-refractivity contribution in [1.82, 2.24) is 20.1 Å². The smallest absolute Gasteiger partial charge is 0.138 e. The number of aromatic nitrogens is 3. The van der Waals surface area contributed by atoms with E-state index < -0.39 is 6.10 Å². The van der Waals surface area contributed by atoms with Crippen LogP contribution in [0.4, 0.5) is 4.39 Å². The lowest BCUT2D eigenvalue weighted by atomic mass is 10.1. The molecule has 2 aromatic rings. The third-order valence-electron chi connectivity index (χ3n) is 3.70. The van der Waals surface area contributed by atoms with Gasteiger partial charge in [-0.05, 0) is 30.7 Å². The van der Waals surface area contributed by atoms with Crippen LogP contribution in [0.1, 0.15) is 12.2 Å². The van der Waals surface area contributed by atoms with Crippen LogP contribution in [-0.2, 0) is 13.0 Å². The Kier molecular flexibility index (Phi) is 4.65. The van der Waals surface area contributed by atoms with Crippen LogP contribution in [0.3, 0.4) is 0 Å². The van der Waals surface area contributed by atoms with Crippen molar-refractivity contribution >= 4 is 0 Å². The molecule has 2 N–H and O–H groups in total. The Morgan fingerprint density at radius 3 is 3.05 bits per heavy atom. The van der Waals surface area contributed by atoms with Crippen molar-refractivity contribution in [1.29, 1.82) is 0 Å². The summed E-state index contributed by atoms with van der Waals surface area (Å²) in [5.41, 5.74) is 0. The molecule has 1 aliphatic rings. The Morgan fingerprint density at radius 2 is 2.23 bits per heavy atom. The number of nitrogens with one attached hydrogen (secondary N) is 1. The summed E-state index contributed by atoms with van der Waals surface area (Å²) in [6, 6.07) is 6.02. The van der Waals surface area contributed by atoms with Gasteiger partial charge in [-0.1, -0.05) is 0 Å². The summed E-state index contributed by atoms with van der Waals surface area (Å²) in [7, 11) is 0. The maximum Gasteiger partial charge on any atom is 0.138 e.